The van der Waals surface area contributed by atoms with Crippen molar-refractivity contribution in [3.8, 4) is 0 Å². The number of aliphatic hydroxyl groups excluding tert-OH is 1. The summed E-state index contributed by atoms with van der Waals surface area (Å²) in [6, 6.07) is 0. The Balaban J connectivity index is 4.19. The van der Waals surface area contributed by atoms with Gasteiger partial charge in [-0.2, -0.15) is 0 Å². The predicted molar refractivity (Wildman–Crippen MR) is 33.2 cm³/mol. The molecule has 0 aliphatic carbocycles. The maximum Gasteiger partial charge on any atom is 0.334 e. The minimum Gasteiger partial charge on any atom is -0.515 e. The van der Waals surface area contributed by atoms with Crippen LogP contribution < -0.4 is 0 Å². The molecule has 9 heavy (non-hydrogen) atoms. The number of carbonyl (C=O) groups is 1. The molecule has 0 radical (unpaired) electrons. The lowest BCUT2D eigenvalue weighted by atomic mass is 10.1. The summed E-state index contributed by atoms with van der Waals surface area (Å²) in [6.07, 6.45) is 0.632. The minimum absolute atomic E-state index is 0.0370. The highest BCUT2D eigenvalue weighted by atomic mass is 16.4. The molecular weight excluding hydrogens is 120 g/mol. The van der Waals surface area contributed by atoms with Crippen molar-refractivity contribution in [1.82, 2.24) is 0 Å². The van der Waals surface area contributed by atoms with E-state index in [2.05, 4.69) is 0 Å². The zero-order valence-corrected chi connectivity index (χ0v) is 5.46. The van der Waals surface area contributed by atoms with Crippen molar-refractivity contribution in [2.45, 2.75) is 13.8 Å². The quantitative estimate of drug-likeness (QED) is 0.435. The Hall–Kier alpha value is -0.990. The van der Waals surface area contributed by atoms with E-state index in [4.69, 9.17) is 10.2 Å². The Morgan fingerprint density at radius 2 is 2.00 bits per heavy atom. The summed E-state index contributed by atoms with van der Waals surface area (Å²) in [5, 5.41) is 16.6. The Bertz CT molecular complexity index is 135. The highest BCUT2D eigenvalue weighted by Crippen LogP contribution is 2.07. The Kier molecular flexibility index (Phi) is 2.78. The van der Waals surface area contributed by atoms with Gasteiger partial charge in [0.25, 0.3) is 0 Å². The van der Waals surface area contributed by atoms with Crippen LogP contribution in [0.3, 0.4) is 0 Å². The Morgan fingerprint density at radius 1 is 1.56 bits per heavy atom. The first-order valence-electron chi connectivity index (χ1n) is 2.67. The van der Waals surface area contributed by atoms with Crippen molar-refractivity contribution in [3.63, 3.8) is 0 Å². The number of aliphatic hydroxyl groups is 1. The molecule has 0 fully saturated rings. The number of carboxylic acid groups (broad SMARTS) is 1. The van der Waals surface area contributed by atoms with Crippen LogP contribution in [0.1, 0.15) is 13.8 Å². The van der Waals surface area contributed by atoms with E-state index < -0.39 is 5.97 Å². The third-order valence-electron chi connectivity index (χ3n) is 1.01. The van der Waals surface area contributed by atoms with Crippen molar-refractivity contribution in [2.24, 2.45) is 5.92 Å². The molecule has 0 aliphatic heterocycles. The smallest absolute Gasteiger partial charge is 0.334 e. The first-order chi connectivity index (χ1) is 4.09. The number of aliphatic carboxylic acids is 1. The Labute approximate surface area is 53.6 Å². The molecule has 52 valence electrons. The lowest BCUT2D eigenvalue weighted by molar-refractivity contribution is -0.133. The van der Waals surface area contributed by atoms with Crippen molar-refractivity contribution < 1.29 is 15.0 Å². The number of rotatable bonds is 2. The van der Waals surface area contributed by atoms with Crippen LogP contribution in [0.4, 0.5) is 0 Å². The molecule has 0 saturated heterocycles. The fraction of sp³-hybridized carbons (Fsp3) is 0.500. The zero-order valence-electron chi connectivity index (χ0n) is 5.46. The molecule has 0 aliphatic rings. The zero-order chi connectivity index (χ0) is 7.44. The van der Waals surface area contributed by atoms with Gasteiger partial charge in [-0.3, -0.25) is 0 Å². The van der Waals surface area contributed by atoms with Crippen LogP contribution in [-0.2, 0) is 4.79 Å². The summed E-state index contributed by atoms with van der Waals surface area (Å²) in [5.41, 5.74) is 0.0370. The van der Waals surface area contributed by atoms with Crippen molar-refractivity contribution >= 4 is 5.97 Å². The van der Waals surface area contributed by atoms with Gasteiger partial charge in [-0.1, -0.05) is 13.8 Å². The first-order valence-corrected chi connectivity index (χ1v) is 2.67. The van der Waals surface area contributed by atoms with E-state index in [1.54, 1.807) is 13.8 Å². The van der Waals surface area contributed by atoms with Gasteiger partial charge in [0.15, 0.2) is 0 Å². The molecule has 3 nitrogen and oxygen atoms in total. The summed E-state index contributed by atoms with van der Waals surface area (Å²) >= 11 is 0. The number of hydrogen-bond donors (Lipinski definition) is 2. The fourth-order valence-corrected chi connectivity index (χ4v) is 0.451. The van der Waals surface area contributed by atoms with Crippen LogP contribution in [0.5, 0.6) is 0 Å². The van der Waals surface area contributed by atoms with E-state index >= 15 is 0 Å². The van der Waals surface area contributed by atoms with Crippen LogP contribution in [0.15, 0.2) is 11.8 Å². The highest BCUT2D eigenvalue weighted by molar-refractivity contribution is 5.86. The molecule has 0 saturated carbocycles. The van der Waals surface area contributed by atoms with Gasteiger partial charge in [-0.05, 0) is 5.92 Å². The summed E-state index contributed by atoms with van der Waals surface area (Å²) < 4.78 is 0. The molecule has 2 N–H and O–H groups in total. The normalized spacial score (nSPS) is 12.1. The standard InChI is InChI=1S/C6H10O3/c1-4(2)5(3-7)6(8)9/h3-4,7H,1-2H3,(H,8,9). The lowest BCUT2D eigenvalue weighted by Crippen LogP contribution is -2.06. The maximum absolute atomic E-state index is 10.1. The second-order valence-corrected chi connectivity index (χ2v) is 2.04. The second-order valence-electron chi connectivity index (χ2n) is 2.04. The van der Waals surface area contributed by atoms with Gasteiger partial charge in [-0.15, -0.1) is 0 Å². The summed E-state index contributed by atoms with van der Waals surface area (Å²) in [5.74, 6) is -1.19. The minimum atomic E-state index is -1.06. The van der Waals surface area contributed by atoms with E-state index in [9.17, 15) is 4.79 Å². The van der Waals surface area contributed by atoms with Gasteiger partial charge in [-0.25, -0.2) is 4.79 Å². The van der Waals surface area contributed by atoms with E-state index in [0.717, 1.165) is 0 Å². The fourth-order valence-electron chi connectivity index (χ4n) is 0.451. The molecule has 0 heterocycles. The number of hydrogen-bond acceptors (Lipinski definition) is 2. The van der Waals surface area contributed by atoms with Gasteiger partial charge in [0.1, 0.15) is 0 Å². The van der Waals surface area contributed by atoms with Crippen LogP contribution in [-0.4, -0.2) is 16.2 Å². The molecule has 0 rings (SSSR count). The van der Waals surface area contributed by atoms with Crippen LogP contribution in [0, 0.1) is 5.92 Å². The lowest BCUT2D eigenvalue weighted by Gasteiger charge is -2.01. The monoisotopic (exact) mass is 130 g/mol. The number of carboxylic acids is 1. The molecule has 0 aromatic carbocycles. The highest BCUT2D eigenvalue weighted by Gasteiger charge is 2.10. The first kappa shape index (κ1) is 8.01. The average molecular weight is 130 g/mol. The van der Waals surface area contributed by atoms with E-state index in [1.807, 2.05) is 0 Å². The van der Waals surface area contributed by atoms with E-state index in [-0.39, 0.29) is 11.5 Å². The average Bonchev–Trinajstić information content (AvgIpc) is 1.64. The van der Waals surface area contributed by atoms with E-state index in [1.165, 1.54) is 0 Å². The van der Waals surface area contributed by atoms with Gasteiger partial charge < -0.3 is 10.2 Å². The van der Waals surface area contributed by atoms with Crippen molar-refractivity contribution in [2.75, 3.05) is 0 Å². The molecule has 0 bridgehead atoms. The third-order valence-corrected chi connectivity index (χ3v) is 1.01. The van der Waals surface area contributed by atoms with Gasteiger partial charge in [0, 0.05) is 0 Å². The van der Waals surface area contributed by atoms with Crippen LogP contribution in [0.25, 0.3) is 0 Å². The molecule has 0 aromatic heterocycles. The third kappa shape index (κ3) is 2.17. The molecule has 0 aromatic rings. The van der Waals surface area contributed by atoms with Crippen molar-refractivity contribution in [1.29, 1.82) is 0 Å². The SMILES string of the molecule is CC(C)C(=CO)C(=O)O. The second kappa shape index (κ2) is 3.12. The molecular formula is C6H10O3. The molecule has 3 heteroatoms. The predicted octanol–water partition coefficient (Wildman–Crippen LogP) is 1.17. The summed E-state index contributed by atoms with van der Waals surface area (Å²) in [6.45, 7) is 3.41. The van der Waals surface area contributed by atoms with Gasteiger partial charge in [0.05, 0.1) is 11.8 Å². The Morgan fingerprint density at radius 3 is 2.00 bits per heavy atom. The topological polar surface area (TPSA) is 57.5 Å². The van der Waals surface area contributed by atoms with Crippen molar-refractivity contribution in [3.05, 3.63) is 11.8 Å². The molecule has 0 amide bonds. The van der Waals surface area contributed by atoms with Crippen LogP contribution in [0.2, 0.25) is 0 Å². The largest absolute Gasteiger partial charge is 0.515 e. The maximum atomic E-state index is 10.1. The van der Waals surface area contributed by atoms with Gasteiger partial charge in [0.2, 0.25) is 0 Å². The molecule has 0 atom stereocenters. The molecule has 0 spiro atoms. The van der Waals surface area contributed by atoms with Crippen LogP contribution >= 0.6 is 0 Å². The summed E-state index contributed by atoms with van der Waals surface area (Å²) in [7, 11) is 0. The van der Waals surface area contributed by atoms with E-state index in [0.29, 0.717) is 6.26 Å². The molecule has 0 unspecified atom stereocenters. The van der Waals surface area contributed by atoms with Gasteiger partial charge >= 0.3 is 5.97 Å². The summed E-state index contributed by atoms with van der Waals surface area (Å²) in [4.78, 5) is 10.1.